The van der Waals surface area contributed by atoms with Crippen LogP contribution in [0.15, 0.2) is 77.7 Å². The maximum Gasteiger partial charge on any atom is 0.264 e. The zero-order valence-corrected chi connectivity index (χ0v) is 19.8. The van der Waals surface area contributed by atoms with E-state index >= 15 is 0 Å². The van der Waals surface area contributed by atoms with Crippen molar-refractivity contribution < 1.29 is 22.0 Å². The number of nitrogens with one attached hydrogen (secondary N) is 1. The van der Waals surface area contributed by atoms with E-state index in [1.165, 1.54) is 48.2 Å². The van der Waals surface area contributed by atoms with Crippen molar-refractivity contribution in [2.45, 2.75) is 10.6 Å². The van der Waals surface area contributed by atoms with E-state index < -0.39 is 28.3 Å². The van der Waals surface area contributed by atoms with E-state index in [0.717, 1.165) is 16.4 Å². The van der Waals surface area contributed by atoms with Crippen LogP contribution in [0.25, 0.3) is 0 Å². The summed E-state index contributed by atoms with van der Waals surface area (Å²) in [5, 5.41) is 3.01. The summed E-state index contributed by atoms with van der Waals surface area (Å²) in [7, 11) is -4.05. The van der Waals surface area contributed by atoms with Crippen LogP contribution in [0.5, 0.6) is 0 Å². The Morgan fingerprint density at radius 3 is 2.33 bits per heavy atom. The van der Waals surface area contributed by atoms with Gasteiger partial charge >= 0.3 is 0 Å². The van der Waals surface area contributed by atoms with E-state index in [4.69, 9.17) is 11.6 Å². The van der Waals surface area contributed by atoms with Gasteiger partial charge in [0.25, 0.3) is 10.0 Å². The number of hydrogen-bond donors (Lipinski definition) is 1. The molecule has 3 aromatic rings. The normalized spacial score (nSPS) is 11.2. The highest BCUT2D eigenvalue weighted by Crippen LogP contribution is 2.25. The highest BCUT2D eigenvalue weighted by Gasteiger charge is 2.27. The van der Waals surface area contributed by atoms with Crippen molar-refractivity contribution in [3.63, 3.8) is 0 Å². The number of benzene rings is 3. The fourth-order valence-corrected chi connectivity index (χ4v) is 5.57. The van der Waals surface area contributed by atoms with Crippen molar-refractivity contribution in [1.82, 2.24) is 5.32 Å². The van der Waals surface area contributed by atoms with Crippen molar-refractivity contribution >= 4 is 45.0 Å². The lowest BCUT2D eigenvalue weighted by Gasteiger charge is -2.24. The molecule has 174 valence electrons. The molecule has 0 saturated heterocycles. The van der Waals surface area contributed by atoms with Crippen LogP contribution >= 0.6 is 23.4 Å². The maximum atomic E-state index is 13.8. The van der Waals surface area contributed by atoms with Gasteiger partial charge in [0.2, 0.25) is 5.91 Å². The summed E-state index contributed by atoms with van der Waals surface area (Å²) in [6.45, 7) is -0.231. The predicted octanol–water partition coefficient (Wildman–Crippen LogP) is 4.86. The molecule has 0 saturated carbocycles. The van der Waals surface area contributed by atoms with Gasteiger partial charge in [0.15, 0.2) is 0 Å². The maximum absolute atomic E-state index is 13.8. The SMILES string of the molecule is O=C(CN(c1ccc(F)cc1)S(=O)(=O)c1ccccc1)NCCSCc1c(F)cccc1Cl. The third kappa shape index (κ3) is 6.69. The Kier molecular flexibility index (Phi) is 8.71. The summed E-state index contributed by atoms with van der Waals surface area (Å²) >= 11 is 7.39. The lowest BCUT2D eigenvalue weighted by Crippen LogP contribution is -2.41. The minimum absolute atomic E-state index is 0.0134. The number of rotatable bonds is 10. The second-order valence-corrected chi connectivity index (χ2v) is 10.3. The minimum atomic E-state index is -4.05. The smallest absolute Gasteiger partial charge is 0.264 e. The van der Waals surface area contributed by atoms with Gasteiger partial charge in [-0.1, -0.05) is 35.9 Å². The van der Waals surface area contributed by atoms with Crippen LogP contribution in [0.1, 0.15) is 5.56 Å². The number of thioether (sulfide) groups is 1. The number of hydrogen-bond acceptors (Lipinski definition) is 4. The third-order valence-corrected chi connectivity index (χ3v) is 7.74. The van der Waals surface area contributed by atoms with Gasteiger partial charge in [-0.25, -0.2) is 17.2 Å². The molecule has 0 unspecified atom stereocenters. The molecule has 10 heteroatoms. The van der Waals surface area contributed by atoms with Gasteiger partial charge in [-0.05, 0) is 48.5 Å². The van der Waals surface area contributed by atoms with Gasteiger partial charge in [-0.2, -0.15) is 11.8 Å². The first-order valence-electron chi connectivity index (χ1n) is 9.90. The van der Waals surface area contributed by atoms with Gasteiger partial charge in [-0.3, -0.25) is 9.10 Å². The number of sulfonamides is 1. The molecule has 3 rings (SSSR count). The van der Waals surface area contributed by atoms with Crippen LogP contribution in [-0.2, 0) is 20.6 Å². The standard InChI is InChI=1S/C23H21ClF2N2O3S2/c24-21-7-4-8-22(26)20(21)16-32-14-13-27-23(29)15-28(18-11-9-17(25)10-12-18)33(30,31)19-5-2-1-3-6-19/h1-12H,13-16H2,(H,27,29). The highest BCUT2D eigenvalue weighted by atomic mass is 35.5. The summed E-state index contributed by atoms with van der Waals surface area (Å²) in [5.74, 6) is -0.625. The molecule has 0 atom stereocenters. The molecule has 0 aliphatic rings. The Morgan fingerprint density at radius 1 is 0.970 bits per heavy atom. The monoisotopic (exact) mass is 510 g/mol. The second-order valence-electron chi connectivity index (χ2n) is 6.90. The first kappa shape index (κ1) is 25.0. The van der Waals surface area contributed by atoms with Crippen LogP contribution in [-0.4, -0.2) is 33.2 Å². The molecule has 0 aliphatic heterocycles. The van der Waals surface area contributed by atoms with Crippen molar-refractivity contribution in [3.05, 3.63) is 95.0 Å². The highest BCUT2D eigenvalue weighted by molar-refractivity contribution is 7.98. The number of nitrogens with zero attached hydrogens (tertiary/aromatic N) is 1. The number of carbonyl (C=O) groups is 1. The Hall–Kier alpha value is -2.62. The lowest BCUT2D eigenvalue weighted by molar-refractivity contribution is -0.119. The summed E-state index contributed by atoms with van der Waals surface area (Å²) < 4.78 is 54.4. The molecule has 0 bridgehead atoms. The van der Waals surface area contributed by atoms with E-state index in [0.29, 0.717) is 22.1 Å². The van der Waals surface area contributed by atoms with Crippen LogP contribution in [0, 0.1) is 11.6 Å². The zero-order valence-electron chi connectivity index (χ0n) is 17.4. The van der Waals surface area contributed by atoms with Gasteiger partial charge in [0, 0.05) is 28.6 Å². The fourth-order valence-electron chi connectivity index (χ4n) is 2.94. The van der Waals surface area contributed by atoms with Crippen LogP contribution < -0.4 is 9.62 Å². The summed E-state index contributed by atoms with van der Waals surface area (Å²) in [5.41, 5.74) is 0.561. The number of anilines is 1. The average molecular weight is 511 g/mol. The molecular formula is C23H21ClF2N2O3S2. The molecule has 1 amide bonds. The molecular weight excluding hydrogens is 490 g/mol. The van der Waals surface area contributed by atoms with Crippen molar-refractivity contribution in [2.24, 2.45) is 0 Å². The number of halogens is 3. The Balaban J connectivity index is 1.62. The lowest BCUT2D eigenvalue weighted by atomic mass is 10.2. The van der Waals surface area contributed by atoms with E-state index in [9.17, 15) is 22.0 Å². The Labute approximate surface area is 200 Å². The van der Waals surface area contributed by atoms with Crippen molar-refractivity contribution in [2.75, 3.05) is 23.1 Å². The van der Waals surface area contributed by atoms with Crippen LogP contribution in [0.4, 0.5) is 14.5 Å². The molecule has 0 fully saturated rings. The van der Waals surface area contributed by atoms with E-state index in [1.54, 1.807) is 24.3 Å². The van der Waals surface area contributed by atoms with Crippen molar-refractivity contribution in [1.29, 1.82) is 0 Å². The summed E-state index contributed by atoms with van der Waals surface area (Å²) in [6, 6.07) is 17.0. The summed E-state index contributed by atoms with van der Waals surface area (Å²) in [6.07, 6.45) is 0. The van der Waals surface area contributed by atoms with E-state index in [-0.39, 0.29) is 22.9 Å². The molecule has 5 nitrogen and oxygen atoms in total. The Bertz CT molecular complexity index is 1170. The molecule has 0 radical (unpaired) electrons. The topological polar surface area (TPSA) is 66.5 Å². The van der Waals surface area contributed by atoms with Gasteiger partial charge in [0.05, 0.1) is 10.6 Å². The molecule has 33 heavy (non-hydrogen) atoms. The number of amides is 1. The van der Waals surface area contributed by atoms with Crippen LogP contribution in [0.2, 0.25) is 5.02 Å². The first-order valence-corrected chi connectivity index (χ1v) is 12.9. The predicted molar refractivity (Wildman–Crippen MR) is 128 cm³/mol. The third-order valence-electron chi connectivity index (χ3n) is 4.61. The summed E-state index contributed by atoms with van der Waals surface area (Å²) in [4.78, 5) is 12.5. The minimum Gasteiger partial charge on any atom is -0.354 e. The van der Waals surface area contributed by atoms with Gasteiger partial charge in [0.1, 0.15) is 18.2 Å². The zero-order chi connectivity index (χ0) is 23.8. The second kappa shape index (κ2) is 11.5. The van der Waals surface area contributed by atoms with Crippen molar-refractivity contribution in [3.8, 4) is 0 Å². The quantitative estimate of drug-likeness (QED) is 0.395. The molecule has 3 aromatic carbocycles. The number of carbonyl (C=O) groups excluding carboxylic acids is 1. The first-order chi connectivity index (χ1) is 15.8. The fraction of sp³-hybridized carbons (Fsp3) is 0.174. The molecule has 0 spiro atoms. The Morgan fingerprint density at radius 2 is 1.67 bits per heavy atom. The van der Waals surface area contributed by atoms with E-state index in [1.807, 2.05) is 0 Å². The molecule has 0 aliphatic carbocycles. The average Bonchev–Trinajstić information content (AvgIpc) is 2.80. The molecule has 1 N–H and O–H groups in total. The van der Waals surface area contributed by atoms with E-state index in [2.05, 4.69) is 5.32 Å². The van der Waals surface area contributed by atoms with Gasteiger partial charge < -0.3 is 5.32 Å². The van der Waals surface area contributed by atoms with Gasteiger partial charge in [-0.15, -0.1) is 0 Å². The molecule has 0 aromatic heterocycles. The molecule has 0 heterocycles. The largest absolute Gasteiger partial charge is 0.354 e. The van der Waals surface area contributed by atoms with Crippen LogP contribution in [0.3, 0.4) is 0 Å².